The fourth-order valence-electron chi connectivity index (χ4n) is 1.78. The van der Waals surface area contributed by atoms with Gasteiger partial charge in [0.15, 0.2) is 0 Å². The molecular weight excluding hydrogens is 272 g/mol. The molecule has 0 aromatic carbocycles. The molecule has 0 saturated carbocycles. The van der Waals surface area contributed by atoms with Gasteiger partial charge in [0.2, 0.25) is 0 Å². The Balaban J connectivity index is 1.81. The zero-order chi connectivity index (χ0) is 13.5. The molecule has 0 bridgehead atoms. The van der Waals surface area contributed by atoms with E-state index in [9.17, 15) is 0 Å². The van der Waals surface area contributed by atoms with Gasteiger partial charge < -0.3 is 10.6 Å². The number of rotatable bonds is 5. The lowest BCUT2D eigenvalue weighted by molar-refractivity contribution is 0.335. The number of nitrogens with zero attached hydrogens (tertiary/aromatic N) is 1. The van der Waals surface area contributed by atoms with E-state index in [2.05, 4.69) is 52.7 Å². The molecule has 2 heterocycles. The monoisotopic (exact) mass is 290 g/mol. The molecule has 0 unspecified atom stereocenters. The first-order valence-electron chi connectivity index (χ1n) is 6.25. The molecule has 0 aliphatic heterocycles. The molecule has 100 valence electrons. The van der Waals surface area contributed by atoms with E-state index in [0.717, 1.165) is 25.1 Å². The normalized spacial score (nSPS) is 10.5. The minimum atomic E-state index is 0.423. The van der Waals surface area contributed by atoms with Crippen molar-refractivity contribution in [2.75, 3.05) is 20.1 Å². The first kappa shape index (κ1) is 14.3. The van der Waals surface area contributed by atoms with Gasteiger partial charge in [-0.1, -0.05) is 17.9 Å². The van der Waals surface area contributed by atoms with Crippen molar-refractivity contribution in [1.29, 1.82) is 0 Å². The number of likely N-dealkylation sites (N-methyl/N-ethyl adjacent to an activating group) is 1. The second kappa shape index (κ2) is 7.46. The smallest absolute Gasteiger partial charge is 0.0555 e. The van der Waals surface area contributed by atoms with E-state index in [1.54, 1.807) is 11.3 Å². The van der Waals surface area contributed by atoms with Crippen LogP contribution in [0.5, 0.6) is 0 Å². The average Bonchev–Trinajstić information content (AvgIpc) is 3.05. The van der Waals surface area contributed by atoms with E-state index in [4.69, 9.17) is 5.73 Å². The zero-order valence-electron chi connectivity index (χ0n) is 11.1. The molecule has 0 spiro atoms. The molecule has 2 aromatic heterocycles. The summed E-state index contributed by atoms with van der Waals surface area (Å²) in [6, 6.07) is 6.47. The molecule has 2 aromatic rings. The maximum atomic E-state index is 5.37. The summed E-state index contributed by atoms with van der Waals surface area (Å²) < 4.78 is 0. The average molecular weight is 290 g/mol. The van der Waals surface area contributed by atoms with Gasteiger partial charge in [-0.3, -0.25) is 0 Å². The van der Waals surface area contributed by atoms with Crippen LogP contribution in [-0.2, 0) is 13.0 Å². The summed E-state index contributed by atoms with van der Waals surface area (Å²) in [6.07, 6.45) is 1.12. The second-order valence-corrected chi connectivity index (χ2v) is 6.40. The van der Waals surface area contributed by atoms with Crippen LogP contribution in [0.1, 0.15) is 15.3 Å². The fourth-order valence-corrected chi connectivity index (χ4v) is 3.38. The molecule has 19 heavy (non-hydrogen) atoms. The van der Waals surface area contributed by atoms with Crippen molar-refractivity contribution >= 4 is 22.7 Å². The molecule has 0 aliphatic carbocycles. The third-order valence-electron chi connectivity index (χ3n) is 2.73. The lowest BCUT2D eigenvalue weighted by Gasteiger charge is -2.14. The van der Waals surface area contributed by atoms with Crippen LogP contribution >= 0.6 is 22.7 Å². The Hall–Kier alpha value is -1.12. The summed E-state index contributed by atoms with van der Waals surface area (Å²) in [6.45, 7) is 2.49. The number of thiophene rings is 2. The topological polar surface area (TPSA) is 29.3 Å². The maximum Gasteiger partial charge on any atom is 0.0555 e. The van der Waals surface area contributed by atoms with E-state index in [1.807, 2.05) is 11.3 Å². The Morgan fingerprint density at radius 3 is 2.95 bits per heavy atom. The van der Waals surface area contributed by atoms with Crippen LogP contribution in [0.25, 0.3) is 0 Å². The summed E-state index contributed by atoms with van der Waals surface area (Å²) in [7, 11) is 2.17. The van der Waals surface area contributed by atoms with Crippen LogP contribution < -0.4 is 5.73 Å². The van der Waals surface area contributed by atoms with Crippen molar-refractivity contribution in [1.82, 2.24) is 4.90 Å². The predicted molar refractivity (Wildman–Crippen MR) is 84.6 cm³/mol. The Morgan fingerprint density at radius 1 is 1.32 bits per heavy atom. The van der Waals surface area contributed by atoms with Crippen LogP contribution in [-0.4, -0.2) is 25.0 Å². The molecular formula is C15H18N2S2. The third kappa shape index (κ3) is 4.81. The van der Waals surface area contributed by atoms with Crippen molar-refractivity contribution in [3.05, 3.63) is 44.3 Å². The summed E-state index contributed by atoms with van der Waals surface area (Å²) >= 11 is 3.60. The number of nitrogens with two attached hydrogens (primary N) is 1. The molecule has 4 heteroatoms. The van der Waals surface area contributed by atoms with E-state index in [-0.39, 0.29) is 0 Å². The molecule has 0 atom stereocenters. The fraction of sp³-hybridized carbons (Fsp3) is 0.333. The highest BCUT2D eigenvalue weighted by molar-refractivity contribution is 7.10. The maximum absolute atomic E-state index is 5.37. The molecule has 0 amide bonds. The van der Waals surface area contributed by atoms with E-state index in [0.29, 0.717) is 6.54 Å². The molecule has 0 aliphatic rings. The minimum Gasteiger partial charge on any atom is -0.320 e. The first-order chi connectivity index (χ1) is 9.28. The molecule has 2 nitrogen and oxygen atoms in total. The molecule has 0 fully saturated rings. The van der Waals surface area contributed by atoms with Crippen LogP contribution in [0, 0.1) is 11.8 Å². The zero-order valence-corrected chi connectivity index (χ0v) is 12.7. The summed E-state index contributed by atoms with van der Waals surface area (Å²) in [4.78, 5) is 5.16. The van der Waals surface area contributed by atoms with Gasteiger partial charge in [-0.25, -0.2) is 0 Å². The molecule has 0 radical (unpaired) electrons. The van der Waals surface area contributed by atoms with Gasteiger partial charge >= 0.3 is 0 Å². The van der Waals surface area contributed by atoms with Crippen molar-refractivity contribution in [3.8, 4) is 11.8 Å². The van der Waals surface area contributed by atoms with Gasteiger partial charge in [0.05, 0.1) is 6.54 Å². The SMILES string of the molecule is CN(CCc1cccs1)Cc1cc(C#CCN)cs1. The van der Waals surface area contributed by atoms with Gasteiger partial charge in [-0.2, -0.15) is 0 Å². The number of hydrogen-bond donors (Lipinski definition) is 1. The quantitative estimate of drug-likeness (QED) is 0.858. The van der Waals surface area contributed by atoms with Crippen LogP contribution in [0.2, 0.25) is 0 Å². The van der Waals surface area contributed by atoms with Crippen LogP contribution in [0.4, 0.5) is 0 Å². The van der Waals surface area contributed by atoms with Gasteiger partial charge in [0.25, 0.3) is 0 Å². The van der Waals surface area contributed by atoms with Gasteiger partial charge in [-0.05, 0) is 31.0 Å². The van der Waals surface area contributed by atoms with E-state index in [1.165, 1.54) is 9.75 Å². The van der Waals surface area contributed by atoms with Crippen molar-refractivity contribution in [2.45, 2.75) is 13.0 Å². The predicted octanol–water partition coefficient (Wildman–Crippen LogP) is 2.79. The summed E-state index contributed by atoms with van der Waals surface area (Å²) in [5, 5.41) is 4.24. The lowest BCUT2D eigenvalue weighted by atomic mass is 10.3. The summed E-state index contributed by atoms with van der Waals surface area (Å²) in [5.74, 6) is 5.96. The van der Waals surface area contributed by atoms with Gasteiger partial charge in [-0.15, -0.1) is 22.7 Å². The Bertz CT molecular complexity index is 546. The third-order valence-corrected chi connectivity index (χ3v) is 4.59. The van der Waals surface area contributed by atoms with Crippen LogP contribution in [0.3, 0.4) is 0 Å². The largest absolute Gasteiger partial charge is 0.320 e. The van der Waals surface area contributed by atoms with Crippen LogP contribution in [0.15, 0.2) is 29.0 Å². The second-order valence-electron chi connectivity index (χ2n) is 4.37. The standard InChI is InChI=1S/C15H18N2S2/c1-17(8-6-14-5-3-9-18-14)11-15-10-13(12-19-15)4-2-7-16/h3,5,9-10,12H,6-8,11,16H2,1H3. The van der Waals surface area contributed by atoms with Gasteiger partial charge in [0.1, 0.15) is 0 Å². The van der Waals surface area contributed by atoms with E-state index < -0.39 is 0 Å². The summed E-state index contributed by atoms with van der Waals surface area (Å²) in [5.41, 5.74) is 6.45. The Labute approximate surface area is 122 Å². The highest BCUT2D eigenvalue weighted by Crippen LogP contribution is 2.16. The first-order valence-corrected chi connectivity index (χ1v) is 8.01. The van der Waals surface area contributed by atoms with Gasteiger partial charge in [0, 0.05) is 33.8 Å². The molecule has 0 saturated heterocycles. The van der Waals surface area contributed by atoms with E-state index >= 15 is 0 Å². The lowest BCUT2D eigenvalue weighted by Crippen LogP contribution is -2.19. The van der Waals surface area contributed by atoms with Crippen molar-refractivity contribution < 1.29 is 0 Å². The molecule has 2 rings (SSSR count). The minimum absolute atomic E-state index is 0.423. The highest BCUT2D eigenvalue weighted by Gasteiger charge is 2.04. The van der Waals surface area contributed by atoms with Crippen molar-refractivity contribution in [3.63, 3.8) is 0 Å². The highest BCUT2D eigenvalue weighted by atomic mass is 32.1. The Kier molecular flexibility index (Phi) is 5.62. The Morgan fingerprint density at radius 2 is 2.21 bits per heavy atom. The number of hydrogen-bond acceptors (Lipinski definition) is 4. The molecule has 2 N–H and O–H groups in total. The van der Waals surface area contributed by atoms with Crippen molar-refractivity contribution in [2.24, 2.45) is 5.73 Å².